The largest absolute Gasteiger partial charge is 0.118 e. The van der Waals surface area contributed by atoms with Gasteiger partial charge in [-0.15, -0.1) is 23.2 Å². The van der Waals surface area contributed by atoms with Gasteiger partial charge >= 0.3 is 0 Å². The Labute approximate surface area is 73.2 Å². The van der Waals surface area contributed by atoms with E-state index in [1.54, 1.807) is 0 Å². The first-order valence-electron chi connectivity index (χ1n) is 3.67. The fourth-order valence-corrected chi connectivity index (χ4v) is 0.681. The Morgan fingerprint density at radius 2 is 1.30 bits per heavy atom. The van der Waals surface area contributed by atoms with E-state index in [9.17, 15) is 0 Å². The molecule has 0 aliphatic rings. The predicted molar refractivity (Wildman–Crippen MR) is 49.0 cm³/mol. The Morgan fingerprint density at radius 1 is 1.00 bits per heavy atom. The molecule has 0 aromatic rings. The summed E-state index contributed by atoms with van der Waals surface area (Å²) in [7, 11) is 0. The fraction of sp³-hybridized carbons (Fsp3) is 0.750. The molecular formula is C8H14Cl2. The fourth-order valence-electron chi connectivity index (χ4n) is 0.513. The van der Waals surface area contributed by atoms with Crippen molar-refractivity contribution in [1.29, 1.82) is 0 Å². The Bertz CT molecular complexity index is 87.4. The first-order valence-corrected chi connectivity index (χ1v) is 4.54. The van der Waals surface area contributed by atoms with Crippen LogP contribution in [-0.4, -0.2) is 10.8 Å². The van der Waals surface area contributed by atoms with Gasteiger partial charge in [0.1, 0.15) is 0 Å². The lowest BCUT2D eigenvalue weighted by molar-refractivity contribution is 0.930. The van der Waals surface area contributed by atoms with Crippen LogP contribution in [0.1, 0.15) is 26.7 Å². The molecule has 60 valence electrons. The zero-order valence-corrected chi connectivity index (χ0v) is 7.99. The van der Waals surface area contributed by atoms with Crippen molar-refractivity contribution in [2.24, 2.45) is 0 Å². The van der Waals surface area contributed by atoms with E-state index >= 15 is 0 Å². The summed E-state index contributed by atoms with van der Waals surface area (Å²) < 4.78 is 0. The monoisotopic (exact) mass is 180 g/mol. The van der Waals surface area contributed by atoms with Crippen molar-refractivity contribution >= 4 is 23.2 Å². The molecule has 2 atom stereocenters. The average molecular weight is 181 g/mol. The van der Waals surface area contributed by atoms with Crippen molar-refractivity contribution in [2.45, 2.75) is 37.4 Å². The van der Waals surface area contributed by atoms with Crippen LogP contribution in [0.2, 0.25) is 0 Å². The molecule has 0 aliphatic carbocycles. The predicted octanol–water partition coefficient (Wildman–Crippen LogP) is 3.58. The molecular weight excluding hydrogens is 167 g/mol. The van der Waals surface area contributed by atoms with Gasteiger partial charge in [0.05, 0.1) is 10.8 Å². The average Bonchev–Trinajstić information content (AvgIpc) is 1.99. The zero-order chi connectivity index (χ0) is 7.98. The summed E-state index contributed by atoms with van der Waals surface area (Å²) >= 11 is 11.6. The van der Waals surface area contributed by atoms with Gasteiger partial charge in [-0.1, -0.05) is 26.0 Å². The number of halogens is 2. The van der Waals surface area contributed by atoms with Gasteiger partial charge in [0.15, 0.2) is 0 Å². The van der Waals surface area contributed by atoms with Crippen LogP contribution in [0.25, 0.3) is 0 Å². The van der Waals surface area contributed by atoms with Gasteiger partial charge < -0.3 is 0 Å². The maximum absolute atomic E-state index is 5.82. The molecule has 2 heteroatoms. The van der Waals surface area contributed by atoms with Crippen LogP contribution in [0.3, 0.4) is 0 Å². The van der Waals surface area contributed by atoms with E-state index in [1.165, 1.54) is 0 Å². The summed E-state index contributed by atoms with van der Waals surface area (Å²) in [6.07, 6.45) is 5.85. The quantitative estimate of drug-likeness (QED) is 0.459. The summed E-state index contributed by atoms with van der Waals surface area (Å²) in [5, 5.41) is 0.292. The number of alkyl halides is 2. The van der Waals surface area contributed by atoms with Crippen molar-refractivity contribution in [3.8, 4) is 0 Å². The molecule has 10 heavy (non-hydrogen) atoms. The normalized spacial score (nSPS) is 17.6. The first-order chi connectivity index (χ1) is 4.70. The van der Waals surface area contributed by atoms with E-state index in [0.717, 1.165) is 12.8 Å². The first kappa shape index (κ1) is 10.3. The third kappa shape index (κ3) is 5.13. The molecule has 0 rings (SSSR count). The van der Waals surface area contributed by atoms with Crippen LogP contribution in [-0.2, 0) is 0 Å². The van der Waals surface area contributed by atoms with Gasteiger partial charge in [-0.05, 0) is 12.8 Å². The Kier molecular flexibility index (Phi) is 6.25. The number of rotatable bonds is 4. The van der Waals surface area contributed by atoms with Crippen molar-refractivity contribution in [3.05, 3.63) is 12.2 Å². The van der Waals surface area contributed by atoms with Crippen molar-refractivity contribution in [2.75, 3.05) is 0 Å². The van der Waals surface area contributed by atoms with Crippen molar-refractivity contribution in [3.63, 3.8) is 0 Å². The number of allylic oxidation sites excluding steroid dienone is 2. The van der Waals surface area contributed by atoms with Gasteiger partial charge in [0, 0.05) is 0 Å². The van der Waals surface area contributed by atoms with Crippen molar-refractivity contribution < 1.29 is 0 Å². The molecule has 0 aliphatic heterocycles. The van der Waals surface area contributed by atoms with Crippen molar-refractivity contribution in [1.82, 2.24) is 0 Å². The highest BCUT2D eigenvalue weighted by atomic mass is 35.5. The van der Waals surface area contributed by atoms with Gasteiger partial charge in [0.25, 0.3) is 0 Å². The molecule has 0 radical (unpaired) electrons. The Balaban J connectivity index is 3.52. The molecule has 2 unspecified atom stereocenters. The SMILES string of the molecule is CCC(Cl)C=CC(Cl)CC. The van der Waals surface area contributed by atoms with E-state index in [-0.39, 0.29) is 10.8 Å². The molecule has 0 heterocycles. The van der Waals surface area contributed by atoms with Crippen LogP contribution in [0, 0.1) is 0 Å². The molecule has 0 N–H and O–H groups in total. The molecule has 0 fully saturated rings. The lowest BCUT2D eigenvalue weighted by Crippen LogP contribution is -1.93. The van der Waals surface area contributed by atoms with Gasteiger partial charge in [-0.25, -0.2) is 0 Å². The maximum atomic E-state index is 5.82. The maximum Gasteiger partial charge on any atom is 0.0513 e. The molecule has 0 aromatic carbocycles. The minimum Gasteiger partial charge on any atom is -0.118 e. The summed E-state index contributed by atoms with van der Waals surface area (Å²) in [4.78, 5) is 0. The summed E-state index contributed by atoms with van der Waals surface area (Å²) in [5.41, 5.74) is 0. The lowest BCUT2D eigenvalue weighted by Gasteiger charge is -1.99. The second kappa shape index (κ2) is 6.06. The summed E-state index contributed by atoms with van der Waals surface area (Å²) in [6.45, 7) is 4.11. The highest BCUT2D eigenvalue weighted by Gasteiger charge is 1.96. The van der Waals surface area contributed by atoms with Gasteiger partial charge in [-0.3, -0.25) is 0 Å². The van der Waals surface area contributed by atoms with Crippen LogP contribution in [0.5, 0.6) is 0 Å². The molecule has 0 spiro atoms. The Morgan fingerprint density at radius 3 is 1.50 bits per heavy atom. The summed E-state index contributed by atoms with van der Waals surface area (Å²) in [6, 6.07) is 0. The molecule has 0 aromatic heterocycles. The third-order valence-corrected chi connectivity index (χ3v) is 2.22. The van der Waals surface area contributed by atoms with Crippen LogP contribution in [0.15, 0.2) is 12.2 Å². The van der Waals surface area contributed by atoms with E-state index in [2.05, 4.69) is 13.8 Å². The van der Waals surface area contributed by atoms with Crippen LogP contribution >= 0.6 is 23.2 Å². The number of hydrogen-bond acceptors (Lipinski definition) is 0. The van der Waals surface area contributed by atoms with Crippen LogP contribution < -0.4 is 0 Å². The third-order valence-electron chi connectivity index (χ3n) is 1.31. The standard InChI is InChI=1S/C8H14Cl2/c1-3-7(9)5-6-8(10)4-2/h5-8H,3-4H2,1-2H3. The highest BCUT2D eigenvalue weighted by molar-refractivity contribution is 6.23. The van der Waals surface area contributed by atoms with E-state index in [1.807, 2.05) is 12.2 Å². The molecule has 0 saturated carbocycles. The van der Waals surface area contributed by atoms with E-state index in [4.69, 9.17) is 23.2 Å². The lowest BCUT2D eigenvalue weighted by atomic mass is 10.2. The van der Waals surface area contributed by atoms with E-state index < -0.39 is 0 Å². The topological polar surface area (TPSA) is 0 Å². The molecule has 0 bridgehead atoms. The second-order valence-corrected chi connectivity index (χ2v) is 3.35. The smallest absolute Gasteiger partial charge is 0.0513 e. The molecule has 0 amide bonds. The molecule has 0 nitrogen and oxygen atoms in total. The highest BCUT2D eigenvalue weighted by Crippen LogP contribution is 2.07. The summed E-state index contributed by atoms with van der Waals surface area (Å²) in [5.74, 6) is 0. The number of hydrogen-bond donors (Lipinski definition) is 0. The minimum atomic E-state index is 0.146. The minimum absolute atomic E-state index is 0.146. The van der Waals surface area contributed by atoms with Crippen LogP contribution in [0.4, 0.5) is 0 Å². The zero-order valence-electron chi connectivity index (χ0n) is 6.48. The van der Waals surface area contributed by atoms with Gasteiger partial charge in [0.2, 0.25) is 0 Å². The molecule has 0 saturated heterocycles. The van der Waals surface area contributed by atoms with E-state index in [0.29, 0.717) is 0 Å². The second-order valence-electron chi connectivity index (χ2n) is 2.23. The van der Waals surface area contributed by atoms with Gasteiger partial charge in [-0.2, -0.15) is 0 Å². The Hall–Kier alpha value is 0.320.